The van der Waals surface area contributed by atoms with E-state index in [9.17, 15) is 9.90 Å². The van der Waals surface area contributed by atoms with E-state index in [-0.39, 0.29) is 11.7 Å². The smallest absolute Gasteiger partial charge is 0.248 e. The molecule has 0 spiro atoms. The zero-order valence-corrected chi connectivity index (χ0v) is 13.8. The summed E-state index contributed by atoms with van der Waals surface area (Å²) < 4.78 is 6.82. The first-order chi connectivity index (χ1) is 11.0. The summed E-state index contributed by atoms with van der Waals surface area (Å²) >= 11 is 0. The number of carbonyl (C=O) groups excluding carboxylic acids is 1. The topological polar surface area (TPSA) is 76.4 Å². The summed E-state index contributed by atoms with van der Waals surface area (Å²) in [5.41, 5.74) is 3.15. The maximum absolute atomic E-state index is 12.1. The SMILES string of the molecule is CCn1nc(C)c(NC(=O)/C=C/c2ccc(OC)c(O)c2)c1C. The molecule has 2 rings (SSSR count). The van der Waals surface area contributed by atoms with Crippen LogP contribution in [0.2, 0.25) is 0 Å². The molecule has 1 heterocycles. The fourth-order valence-electron chi connectivity index (χ4n) is 2.33. The average Bonchev–Trinajstić information content (AvgIpc) is 2.80. The summed E-state index contributed by atoms with van der Waals surface area (Å²) in [4.78, 5) is 12.1. The van der Waals surface area contributed by atoms with Gasteiger partial charge in [0.2, 0.25) is 5.91 Å². The lowest BCUT2D eigenvalue weighted by atomic mass is 10.2. The Hall–Kier alpha value is -2.76. The zero-order chi connectivity index (χ0) is 17.0. The minimum Gasteiger partial charge on any atom is -0.504 e. The molecule has 2 aromatic rings. The number of aromatic hydroxyl groups is 1. The molecular weight excluding hydrogens is 294 g/mol. The van der Waals surface area contributed by atoms with Gasteiger partial charge in [0.15, 0.2) is 11.5 Å². The predicted molar refractivity (Wildman–Crippen MR) is 89.7 cm³/mol. The largest absolute Gasteiger partial charge is 0.504 e. The van der Waals surface area contributed by atoms with Gasteiger partial charge in [0.1, 0.15) is 0 Å². The Morgan fingerprint density at radius 1 is 1.43 bits per heavy atom. The number of aryl methyl sites for hydroxylation is 2. The second-order valence-electron chi connectivity index (χ2n) is 5.12. The minimum atomic E-state index is -0.248. The van der Waals surface area contributed by atoms with Gasteiger partial charge in [-0.2, -0.15) is 5.10 Å². The number of rotatable bonds is 5. The fraction of sp³-hybridized carbons (Fsp3) is 0.294. The Morgan fingerprint density at radius 3 is 2.74 bits per heavy atom. The number of hydrogen-bond donors (Lipinski definition) is 2. The summed E-state index contributed by atoms with van der Waals surface area (Å²) in [6.45, 7) is 6.54. The van der Waals surface area contributed by atoms with E-state index in [2.05, 4.69) is 10.4 Å². The standard InChI is InChI=1S/C17H21N3O3/c1-5-20-12(3)17(11(2)19-20)18-16(22)9-7-13-6-8-15(23-4)14(21)10-13/h6-10,21H,5H2,1-4H3,(H,18,22)/b9-7+. The summed E-state index contributed by atoms with van der Waals surface area (Å²) in [7, 11) is 1.49. The molecule has 0 unspecified atom stereocenters. The average molecular weight is 315 g/mol. The number of hydrogen-bond acceptors (Lipinski definition) is 4. The number of aromatic nitrogens is 2. The lowest BCUT2D eigenvalue weighted by molar-refractivity contribution is -0.111. The van der Waals surface area contributed by atoms with Crippen molar-refractivity contribution in [3.05, 3.63) is 41.2 Å². The van der Waals surface area contributed by atoms with Crippen LogP contribution in [0.15, 0.2) is 24.3 Å². The molecule has 1 aromatic heterocycles. The Labute approximate surface area is 135 Å². The van der Waals surface area contributed by atoms with E-state index >= 15 is 0 Å². The summed E-state index contributed by atoms with van der Waals surface area (Å²) in [6, 6.07) is 4.94. The Balaban J connectivity index is 2.10. The molecule has 1 amide bonds. The number of benzene rings is 1. The normalized spacial score (nSPS) is 11.0. The van der Waals surface area contributed by atoms with E-state index in [1.54, 1.807) is 18.2 Å². The summed E-state index contributed by atoms with van der Waals surface area (Å²) in [5, 5.41) is 16.9. The molecule has 0 saturated heterocycles. The molecule has 23 heavy (non-hydrogen) atoms. The quantitative estimate of drug-likeness (QED) is 0.832. The second-order valence-corrected chi connectivity index (χ2v) is 5.12. The minimum absolute atomic E-state index is 0.0333. The van der Waals surface area contributed by atoms with Gasteiger partial charge in [0, 0.05) is 12.6 Å². The Bertz CT molecular complexity index is 748. The number of carbonyl (C=O) groups is 1. The van der Waals surface area contributed by atoms with Crippen LogP contribution in [0.1, 0.15) is 23.9 Å². The van der Waals surface area contributed by atoms with Gasteiger partial charge in [-0.25, -0.2) is 0 Å². The fourth-order valence-corrected chi connectivity index (χ4v) is 2.33. The molecular formula is C17H21N3O3. The highest BCUT2D eigenvalue weighted by atomic mass is 16.5. The molecule has 0 fully saturated rings. The molecule has 0 aliphatic rings. The first-order valence-corrected chi connectivity index (χ1v) is 7.36. The van der Waals surface area contributed by atoms with Crippen molar-refractivity contribution < 1.29 is 14.6 Å². The molecule has 0 bridgehead atoms. The first kappa shape index (κ1) is 16.6. The van der Waals surface area contributed by atoms with E-state index in [1.165, 1.54) is 19.3 Å². The highest BCUT2D eigenvalue weighted by Crippen LogP contribution is 2.26. The van der Waals surface area contributed by atoms with E-state index < -0.39 is 0 Å². The number of nitrogens with one attached hydrogen (secondary N) is 1. The van der Waals surface area contributed by atoms with Crippen molar-refractivity contribution >= 4 is 17.7 Å². The molecule has 122 valence electrons. The molecule has 2 N–H and O–H groups in total. The van der Waals surface area contributed by atoms with Gasteiger partial charge in [-0.05, 0) is 44.5 Å². The van der Waals surface area contributed by atoms with Gasteiger partial charge in [-0.15, -0.1) is 0 Å². The van der Waals surface area contributed by atoms with Crippen molar-refractivity contribution in [2.75, 3.05) is 12.4 Å². The van der Waals surface area contributed by atoms with E-state index in [1.807, 2.05) is 25.5 Å². The molecule has 0 saturated carbocycles. The van der Waals surface area contributed by atoms with E-state index in [0.717, 1.165) is 23.6 Å². The van der Waals surface area contributed by atoms with Crippen molar-refractivity contribution in [2.45, 2.75) is 27.3 Å². The molecule has 0 aliphatic heterocycles. The van der Waals surface area contributed by atoms with Crippen molar-refractivity contribution in [1.82, 2.24) is 9.78 Å². The van der Waals surface area contributed by atoms with Crippen LogP contribution in [-0.2, 0) is 11.3 Å². The lowest BCUT2D eigenvalue weighted by Crippen LogP contribution is -2.09. The van der Waals surface area contributed by atoms with Gasteiger partial charge in [0.25, 0.3) is 0 Å². The van der Waals surface area contributed by atoms with Crippen LogP contribution >= 0.6 is 0 Å². The maximum atomic E-state index is 12.1. The molecule has 1 aromatic carbocycles. The molecule has 6 heteroatoms. The number of ether oxygens (including phenoxy) is 1. The monoisotopic (exact) mass is 315 g/mol. The van der Waals surface area contributed by atoms with Gasteiger partial charge in [0.05, 0.1) is 24.2 Å². The molecule has 0 radical (unpaired) electrons. The van der Waals surface area contributed by atoms with Crippen molar-refractivity contribution in [2.24, 2.45) is 0 Å². The summed E-state index contributed by atoms with van der Waals surface area (Å²) in [6.07, 6.45) is 3.05. The Morgan fingerprint density at radius 2 is 2.17 bits per heavy atom. The van der Waals surface area contributed by atoms with E-state index in [0.29, 0.717) is 11.3 Å². The molecule has 0 atom stereocenters. The van der Waals surface area contributed by atoms with Crippen molar-refractivity contribution in [3.8, 4) is 11.5 Å². The van der Waals surface area contributed by atoms with Crippen molar-refractivity contribution in [3.63, 3.8) is 0 Å². The maximum Gasteiger partial charge on any atom is 0.248 e. The highest BCUT2D eigenvalue weighted by molar-refractivity contribution is 6.02. The number of methoxy groups -OCH3 is 1. The number of phenolic OH excluding ortho intramolecular Hbond substituents is 1. The van der Waals surface area contributed by atoms with Crippen LogP contribution in [0.25, 0.3) is 6.08 Å². The third kappa shape index (κ3) is 3.71. The highest BCUT2D eigenvalue weighted by Gasteiger charge is 2.12. The van der Waals surface area contributed by atoms with Crippen LogP contribution in [0, 0.1) is 13.8 Å². The van der Waals surface area contributed by atoms with Gasteiger partial charge in [-0.3, -0.25) is 9.48 Å². The number of phenols is 1. The Kier molecular flexibility index (Phi) is 5.05. The van der Waals surface area contributed by atoms with Crippen LogP contribution < -0.4 is 10.1 Å². The third-order valence-corrected chi connectivity index (χ3v) is 3.56. The molecule has 6 nitrogen and oxygen atoms in total. The number of nitrogens with zero attached hydrogens (tertiary/aromatic N) is 2. The van der Waals surface area contributed by atoms with Crippen LogP contribution in [0.4, 0.5) is 5.69 Å². The summed E-state index contributed by atoms with van der Waals surface area (Å²) in [5.74, 6) is 0.179. The lowest BCUT2D eigenvalue weighted by Gasteiger charge is -2.04. The van der Waals surface area contributed by atoms with E-state index in [4.69, 9.17) is 4.74 Å². The predicted octanol–water partition coefficient (Wildman–Crippen LogP) is 2.89. The number of anilines is 1. The third-order valence-electron chi connectivity index (χ3n) is 3.56. The second kappa shape index (κ2) is 7.00. The van der Waals surface area contributed by atoms with Gasteiger partial charge >= 0.3 is 0 Å². The van der Waals surface area contributed by atoms with Crippen LogP contribution in [0.3, 0.4) is 0 Å². The first-order valence-electron chi connectivity index (χ1n) is 7.36. The van der Waals surface area contributed by atoms with Crippen molar-refractivity contribution in [1.29, 1.82) is 0 Å². The zero-order valence-electron chi connectivity index (χ0n) is 13.8. The molecule has 0 aliphatic carbocycles. The van der Waals surface area contributed by atoms with Crippen LogP contribution in [0.5, 0.6) is 11.5 Å². The van der Waals surface area contributed by atoms with Crippen LogP contribution in [-0.4, -0.2) is 27.9 Å². The number of amides is 1. The van der Waals surface area contributed by atoms with Gasteiger partial charge in [-0.1, -0.05) is 6.07 Å². The van der Waals surface area contributed by atoms with Gasteiger partial charge < -0.3 is 15.2 Å².